The van der Waals surface area contributed by atoms with Crippen molar-refractivity contribution in [1.82, 2.24) is 4.90 Å². The zero-order valence-corrected chi connectivity index (χ0v) is 12.5. The highest BCUT2D eigenvalue weighted by atomic mass is 79.9. The number of aliphatic carboxylic acids is 1. The summed E-state index contributed by atoms with van der Waals surface area (Å²) in [5.41, 5.74) is 0.606. The lowest BCUT2D eigenvalue weighted by atomic mass is 10.2. The number of amides is 2. The van der Waals surface area contributed by atoms with Gasteiger partial charge in [0, 0.05) is 30.2 Å². The number of carbonyl (C=O) groups is 2. The summed E-state index contributed by atoms with van der Waals surface area (Å²) < 4.78 is 5.98. The molecule has 1 heterocycles. The second kappa shape index (κ2) is 6.23. The van der Waals surface area contributed by atoms with Crippen LogP contribution in [-0.4, -0.2) is 47.8 Å². The van der Waals surface area contributed by atoms with Crippen LogP contribution in [0.4, 0.5) is 10.5 Å². The average molecular weight is 343 g/mol. The number of methoxy groups -OCH3 is 1. The molecule has 2 amide bonds. The lowest BCUT2D eigenvalue weighted by Gasteiger charge is -2.21. The molecule has 2 unspecified atom stereocenters. The smallest absolute Gasteiger partial charge is 0.326 e. The Morgan fingerprint density at radius 1 is 1.50 bits per heavy atom. The molecular formula is C13H15BrN2O4. The van der Waals surface area contributed by atoms with Gasteiger partial charge in [0.25, 0.3) is 0 Å². The van der Waals surface area contributed by atoms with E-state index in [1.54, 1.807) is 18.2 Å². The molecule has 2 rings (SSSR count). The number of likely N-dealkylation sites (tertiary alicyclic amines) is 1. The van der Waals surface area contributed by atoms with Crippen molar-refractivity contribution in [3.8, 4) is 0 Å². The fourth-order valence-electron chi connectivity index (χ4n) is 2.19. The molecular weight excluding hydrogens is 328 g/mol. The van der Waals surface area contributed by atoms with Gasteiger partial charge in [-0.3, -0.25) is 0 Å². The van der Waals surface area contributed by atoms with Gasteiger partial charge < -0.3 is 20.1 Å². The first-order valence-corrected chi connectivity index (χ1v) is 6.89. The van der Waals surface area contributed by atoms with Crippen molar-refractivity contribution in [3.63, 3.8) is 0 Å². The topological polar surface area (TPSA) is 78.9 Å². The van der Waals surface area contributed by atoms with Crippen LogP contribution in [0, 0.1) is 0 Å². The van der Waals surface area contributed by atoms with E-state index >= 15 is 0 Å². The number of anilines is 1. The van der Waals surface area contributed by atoms with Crippen molar-refractivity contribution in [2.24, 2.45) is 0 Å². The number of rotatable bonds is 3. The summed E-state index contributed by atoms with van der Waals surface area (Å²) in [7, 11) is 1.51. The maximum atomic E-state index is 12.2. The second-order valence-corrected chi connectivity index (χ2v) is 5.46. The van der Waals surface area contributed by atoms with Crippen molar-refractivity contribution in [2.75, 3.05) is 19.0 Å². The van der Waals surface area contributed by atoms with Crippen LogP contribution < -0.4 is 5.32 Å². The number of hydrogen-bond donors (Lipinski definition) is 2. The Bertz CT molecular complexity index is 523. The van der Waals surface area contributed by atoms with Gasteiger partial charge >= 0.3 is 12.0 Å². The SMILES string of the molecule is COC1CC(C(=O)O)N(C(=O)Nc2cccc(Br)c2)C1. The standard InChI is InChI=1S/C13H15BrN2O4/c1-20-10-6-11(12(17)18)16(7-10)13(19)15-9-4-2-3-8(14)5-9/h2-5,10-11H,6-7H2,1H3,(H,15,19)(H,17,18). The molecule has 0 spiro atoms. The van der Waals surface area contributed by atoms with Gasteiger partial charge in [-0.25, -0.2) is 9.59 Å². The molecule has 1 fully saturated rings. The molecule has 0 saturated carbocycles. The lowest BCUT2D eigenvalue weighted by molar-refractivity contribution is -0.141. The molecule has 1 aliphatic rings. The summed E-state index contributed by atoms with van der Waals surface area (Å²) in [5, 5.41) is 11.9. The van der Waals surface area contributed by atoms with Gasteiger partial charge in [0.2, 0.25) is 0 Å². The molecule has 0 radical (unpaired) electrons. The quantitative estimate of drug-likeness (QED) is 0.882. The van der Waals surface area contributed by atoms with E-state index in [-0.39, 0.29) is 12.6 Å². The summed E-state index contributed by atoms with van der Waals surface area (Å²) >= 11 is 3.31. The van der Waals surface area contributed by atoms with E-state index in [2.05, 4.69) is 21.2 Å². The maximum absolute atomic E-state index is 12.2. The summed E-state index contributed by atoms with van der Waals surface area (Å²) in [6, 6.07) is 5.82. The molecule has 1 aliphatic heterocycles. The number of carboxylic acids is 1. The molecule has 6 nitrogen and oxygen atoms in total. The zero-order chi connectivity index (χ0) is 14.7. The third-order valence-corrected chi connectivity index (χ3v) is 3.71. The molecule has 20 heavy (non-hydrogen) atoms. The van der Waals surface area contributed by atoms with Crippen molar-refractivity contribution < 1.29 is 19.4 Å². The highest BCUT2D eigenvalue weighted by Crippen LogP contribution is 2.22. The number of urea groups is 1. The molecule has 0 aliphatic carbocycles. The monoisotopic (exact) mass is 342 g/mol. The van der Waals surface area contributed by atoms with E-state index in [0.717, 1.165) is 4.47 Å². The number of carbonyl (C=O) groups excluding carboxylic acids is 1. The van der Waals surface area contributed by atoms with Crippen molar-refractivity contribution in [1.29, 1.82) is 0 Å². The van der Waals surface area contributed by atoms with Crippen molar-refractivity contribution in [3.05, 3.63) is 28.7 Å². The average Bonchev–Trinajstić information content (AvgIpc) is 2.83. The Morgan fingerprint density at radius 2 is 2.25 bits per heavy atom. The van der Waals surface area contributed by atoms with Crippen molar-refractivity contribution in [2.45, 2.75) is 18.6 Å². The number of ether oxygens (including phenoxy) is 1. The van der Waals surface area contributed by atoms with Crippen LogP contribution in [0.2, 0.25) is 0 Å². The Morgan fingerprint density at radius 3 is 2.85 bits per heavy atom. The first-order chi connectivity index (χ1) is 9.51. The summed E-state index contributed by atoms with van der Waals surface area (Å²) in [5.74, 6) is -1.02. The van der Waals surface area contributed by atoms with Crippen LogP contribution in [0.1, 0.15) is 6.42 Å². The largest absolute Gasteiger partial charge is 0.480 e. The number of nitrogens with zero attached hydrogens (tertiary/aromatic N) is 1. The van der Waals surface area contributed by atoms with Gasteiger partial charge in [-0.2, -0.15) is 0 Å². The van der Waals surface area contributed by atoms with Crippen LogP contribution in [0.25, 0.3) is 0 Å². The van der Waals surface area contributed by atoms with Crippen LogP contribution in [0.3, 0.4) is 0 Å². The van der Waals surface area contributed by atoms with E-state index in [1.165, 1.54) is 12.0 Å². The third-order valence-electron chi connectivity index (χ3n) is 3.22. The van der Waals surface area contributed by atoms with E-state index < -0.39 is 18.0 Å². The Labute approximate surface area is 124 Å². The Kier molecular flexibility index (Phi) is 4.61. The molecule has 0 aromatic heterocycles. The molecule has 2 atom stereocenters. The van der Waals surface area contributed by atoms with Gasteiger partial charge in [0.1, 0.15) is 6.04 Å². The second-order valence-electron chi connectivity index (χ2n) is 4.54. The predicted octanol–water partition coefficient (Wildman–Crippen LogP) is 2.15. The fraction of sp³-hybridized carbons (Fsp3) is 0.385. The van der Waals surface area contributed by atoms with Gasteiger partial charge in [-0.1, -0.05) is 22.0 Å². The molecule has 1 saturated heterocycles. The normalized spacial score (nSPS) is 21.8. The van der Waals surface area contributed by atoms with Gasteiger partial charge in [-0.15, -0.1) is 0 Å². The van der Waals surface area contributed by atoms with Crippen LogP contribution >= 0.6 is 15.9 Å². The maximum Gasteiger partial charge on any atom is 0.326 e. The van der Waals surface area contributed by atoms with E-state index in [4.69, 9.17) is 4.74 Å². The van der Waals surface area contributed by atoms with Crippen LogP contribution in [-0.2, 0) is 9.53 Å². The van der Waals surface area contributed by atoms with Crippen molar-refractivity contribution >= 4 is 33.6 Å². The number of carboxylic acid groups (broad SMARTS) is 1. The zero-order valence-electron chi connectivity index (χ0n) is 10.9. The molecule has 1 aromatic carbocycles. The number of nitrogens with one attached hydrogen (secondary N) is 1. The lowest BCUT2D eigenvalue weighted by Crippen LogP contribution is -2.43. The number of benzene rings is 1. The molecule has 0 bridgehead atoms. The Hall–Kier alpha value is -1.60. The number of halogens is 1. The summed E-state index contributed by atoms with van der Waals surface area (Å²) in [6.07, 6.45) is 0.0573. The molecule has 2 N–H and O–H groups in total. The highest BCUT2D eigenvalue weighted by Gasteiger charge is 2.39. The third kappa shape index (κ3) is 3.29. The minimum atomic E-state index is -1.02. The molecule has 108 valence electrons. The van der Waals surface area contributed by atoms with Gasteiger partial charge in [0.05, 0.1) is 6.10 Å². The minimum Gasteiger partial charge on any atom is -0.480 e. The van der Waals surface area contributed by atoms with Gasteiger partial charge in [-0.05, 0) is 18.2 Å². The summed E-state index contributed by atoms with van der Waals surface area (Å²) in [4.78, 5) is 24.7. The predicted molar refractivity (Wildman–Crippen MR) is 76.7 cm³/mol. The van der Waals surface area contributed by atoms with E-state index in [1.807, 2.05) is 6.07 Å². The Balaban J connectivity index is 2.09. The molecule has 7 heteroatoms. The van der Waals surface area contributed by atoms with E-state index in [9.17, 15) is 14.7 Å². The fourth-order valence-corrected chi connectivity index (χ4v) is 2.59. The van der Waals surface area contributed by atoms with E-state index in [0.29, 0.717) is 12.1 Å². The van der Waals surface area contributed by atoms with Gasteiger partial charge in [0.15, 0.2) is 0 Å². The summed E-state index contributed by atoms with van der Waals surface area (Å²) in [6.45, 7) is 0.271. The van der Waals surface area contributed by atoms with Crippen LogP contribution in [0.5, 0.6) is 0 Å². The first-order valence-electron chi connectivity index (χ1n) is 6.10. The minimum absolute atomic E-state index is 0.246. The van der Waals surface area contributed by atoms with Crippen LogP contribution in [0.15, 0.2) is 28.7 Å². The number of hydrogen-bond acceptors (Lipinski definition) is 3. The highest BCUT2D eigenvalue weighted by molar-refractivity contribution is 9.10. The first kappa shape index (κ1) is 14.8. The molecule has 1 aromatic rings.